The quantitative estimate of drug-likeness (QED) is 0.795. The summed E-state index contributed by atoms with van der Waals surface area (Å²) in [5, 5.41) is 3.53. The number of halogens is 1. The highest BCUT2D eigenvalue weighted by atomic mass is 35.5. The van der Waals surface area contributed by atoms with E-state index in [0.717, 1.165) is 50.5 Å². The summed E-state index contributed by atoms with van der Waals surface area (Å²) in [6, 6.07) is 11.6. The Kier molecular flexibility index (Phi) is 5.69. The molecular formula is C21H25ClN4O2. The molecule has 1 aromatic carbocycles. The molecule has 2 amide bonds. The highest BCUT2D eigenvalue weighted by molar-refractivity contribution is 6.29. The maximum Gasteiger partial charge on any atom is 0.321 e. The SMILES string of the molecule is COc1ccc(NC(=O)N2CCCN3CC[C@H](c4ccc(Cl)nc4)[C@@H]3C2)cc1. The van der Waals surface area contributed by atoms with Gasteiger partial charge in [-0.3, -0.25) is 4.90 Å². The van der Waals surface area contributed by atoms with Crippen molar-refractivity contribution in [2.45, 2.75) is 24.8 Å². The normalized spacial score (nSPS) is 22.4. The van der Waals surface area contributed by atoms with E-state index >= 15 is 0 Å². The lowest BCUT2D eigenvalue weighted by Gasteiger charge is -2.29. The number of ether oxygens (including phenoxy) is 1. The van der Waals surface area contributed by atoms with Crippen molar-refractivity contribution in [3.63, 3.8) is 0 Å². The van der Waals surface area contributed by atoms with E-state index in [1.807, 2.05) is 41.4 Å². The van der Waals surface area contributed by atoms with Crippen LogP contribution in [0.25, 0.3) is 0 Å². The first-order chi connectivity index (χ1) is 13.6. The Hall–Kier alpha value is -2.31. The van der Waals surface area contributed by atoms with Crippen molar-refractivity contribution in [1.82, 2.24) is 14.8 Å². The fourth-order valence-corrected chi connectivity index (χ4v) is 4.39. The Morgan fingerprint density at radius 2 is 2.00 bits per heavy atom. The fourth-order valence-electron chi connectivity index (χ4n) is 4.28. The topological polar surface area (TPSA) is 57.7 Å². The van der Waals surface area contributed by atoms with Crippen molar-refractivity contribution < 1.29 is 9.53 Å². The lowest BCUT2D eigenvalue weighted by atomic mass is 9.92. The molecule has 0 unspecified atom stereocenters. The second-order valence-corrected chi connectivity index (χ2v) is 7.76. The molecule has 2 aliphatic rings. The molecule has 0 saturated carbocycles. The van der Waals surface area contributed by atoms with E-state index in [-0.39, 0.29) is 6.03 Å². The number of aromatic nitrogens is 1. The van der Waals surface area contributed by atoms with E-state index in [0.29, 0.717) is 17.1 Å². The van der Waals surface area contributed by atoms with Gasteiger partial charge in [-0.15, -0.1) is 0 Å². The van der Waals surface area contributed by atoms with Crippen molar-refractivity contribution in [2.75, 3.05) is 38.6 Å². The van der Waals surface area contributed by atoms with E-state index in [2.05, 4.69) is 21.3 Å². The number of amides is 2. The number of carbonyl (C=O) groups is 1. The summed E-state index contributed by atoms with van der Waals surface area (Å²) in [4.78, 5) is 21.6. The number of carbonyl (C=O) groups excluding carboxylic acids is 1. The molecule has 0 spiro atoms. The number of hydrogen-bond donors (Lipinski definition) is 1. The van der Waals surface area contributed by atoms with Crippen LogP contribution < -0.4 is 10.1 Å². The zero-order chi connectivity index (χ0) is 19.5. The molecule has 2 atom stereocenters. The summed E-state index contributed by atoms with van der Waals surface area (Å²) in [5.41, 5.74) is 1.98. The predicted octanol–water partition coefficient (Wildman–Crippen LogP) is 3.84. The predicted molar refractivity (Wildman–Crippen MR) is 110 cm³/mol. The molecule has 2 aliphatic heterocycles. The Balaban J connectivity index is 1.46. The van der Waals surface area contributed by atoms with Gasteiger partial charge in [0.1, 0.15) is 10.9 Å². The standard InChI is InChI=1S/C21H25ClN4O2/c1-28-17-6-4-16(5-7-17)24-21(27)26-11-2-10-25-12-9-18(19(25)14-26)15-3-8-20(22)23-13-15/h3-8,13,18-19H,2,9-12,14H2,1H3,(H,24,27)/t18-,19+/m1/s1. The minimum atomic E-state index is -0.0492. The average Bonchev–Trinajstić information content (AvgIpc) is 2.98. The molecule has 1 N–H and O–H groups in total. The van der Waals surface area contributed by atoms with E-state index in [9.17, 15) is 4.79 Å². The number of benzene rings is 1. The van der Waals surface area contributed by atoms with E-state index in [1.54, 1.807) is 7.11 Å². The van der Waals surface area contributed by atoms with Crippen LogP contribution in [0, 0.1) is 0 Å². The Bertz CT molecular complexity index is 812. The van der Waals surface area contributed by atoms with Gasteiger partial charge >= 0.3 is 6.03 Å². The van der Waals surface area contributed by atoms with Crippen molar-refractivity contribution >= 4 is 23.3 Å². The van der Waals surface area contributed by atoms with Crippen LogP contribution >= 0.6 is 11.6 Å². The van der Waals surface area contributed by atoms with Crippen LogP contribution in [0.15, 0.2) is 42.6 Å². The molecule has 6 nitrogen and oxygen atoms in total. The fraction of sp³-hybridized carbons (Fsp3) is 0.429. The third kappa shape index (κ3) is 4.08. The van der Waals surface area contributed by atoms with Gasteiger partial charge in [0, 0.05) is 43.5 Å². The van der Waals surface area contributed by atoms with Gasteiger partial charge in [0.25, 0.3) is 0 Å². The van der Waals surface area contributed by atoms with Crippen LogP contribution in [0.5, 0.6) is 5.75 Å². The van der Waals surface area contributed by atoms with Crippen LogP contribution in [-0.4, -0.2) is 60.1 Å². The third-order valence-corrected chi connectivity index (χ3v) is 5.97. The maximum absolute atomic E-state index is 12.9. The summed E-state index contributed by atoms with van der Waals surface area (Å²) in [7, 11) is 1.63. The molecule has 7 heteroatoms. The summed E-state index contributed by atoms with van der Waals surface area (Å²) in [6.07, 6.45) is 3.95. The smallest absolute Gasteiger partial charge is 0.321 e. The van der Waals surface area contributed by atoms with Crippen LogP contribution in [0.2, 0.25) is 5.15 Å². The number of methoxy groups -OCH3 is 1. The van der Waals surface area contributed by atoms with Crippen LogP contribution in [0.1, 0.15) is 24.3 Å². The van der Waals surface area contributed by atoms with Crippen molar-refractivity contribution in [1.29, 1.82) is 0 Å². The number of hydrogen-bond acceptors (Lipinski definition) is 4. The van der Waals surface area contributed by atoms with Gasteiger partial charge in [0.15, 0.2) is 0 Å². The molecule has 2 fully saturated rings. The Labute approximate surface area is 170 Å². The number of rotatable bonds is 3. The van der Waals surface area contributed by atoms with Gasteiger partial charge in [0.05, 0.1) is 7.11 Å². The average molecular weight is 401 g/mol. The van der Waals surface area contributed by atoms with Gasteiger partial charge in [-0.2, -0.15) is 0 Å². The van der Waals surface area contributed by atoms with E-state index < -0.39 is 0 Å². The minimum absolute atomic E-state index is 0.0492. The zero-order valence-corrected chi connectivity index (χ0v) is 16.7. The highest BCUT2D eigenvalue weighted by Gasteiger charge is 2.38. The van der Waals surface area contributed by atoms with Gasteiger partial charge in [-0.1, -0.05) is 17.7 Å². The van der Waals surface area contributed by atoms with Crippen LogP contribution in [0.4, 0.5) is 10.5 Å². The van der Waals surface area contributed by atoms with Gasteiger partial charge in [-0.25, -0.2) is 9.78 Å². The molecular weight excluding hydrogens is 376 g/mol. The molecule has 4 rings (SSSR count). The van der Waals surface area contributed by atoms with E-state index in [4.69, 9.17) is 16.3 Å². The number of nitrogens with zero attached hydrogens (tertiary/aromatic N) is 3. The number of pyridine rings is 1. The lowest BCUT2D eigenvalue weighted by molar-refractivity contribution is 0.197. The van der Waals surface area contributed by atoms with Gasteiger partial charge in [-0.05, 0) is 55.3 Å². The lowest BCUT2D eigenvalue weighted by Crippen LogP contribution is -2.43. The molecule has 1 aromatic heterocycles. The highest BCUT2D eigenvalue weighted by Crippen LogP contribution is 2.35. The molecule has 3 heterocycles. The Morgan fingerprint density at radius 1 is 1.18 bits per heavy atom. The third-order valence-electron chi connectivity index (χ3n) is 5.75. The molecule has 0 aliphatic carbocycles. The van der Waals surface area contributed by atoms with Crippen LogP contribution in [0.3, 0.4) is 0 Å². The molecule has 148 valence electrons. The van der Waals surface area contributed by atoms with Gasteiger partial charge < -0.3 is 15.0 Å². The largest absolute Gasteiger partial charge is 0.497 e. The maximum atomic E-state index is 12.9. The number of fused-ring (bicyclic) bond motifs is 1. The minimum Gasteiger partial charge on any atom is -0.497 e. The second-order valence-electron chi connectivity index (χ2n) is 7.37. The number of anilines is 1. The molecule has 2 saturated heterocycles. The first-order valence-corrected chi connectivity index (χ1v) is 10.1. The first kappa shape index (κ1) is 19.0. The molecule has 28 heavy (non-hydrogen) atoms. The summed E-state index contributed by atoms with van der Waals surface area (Å²) < 4.78 is 5.17. The summed E-state index contributed by atoms with van der Waals surface area (Å²) in [5.74, 6) is 1.15. The summed E-state index contributed by atoms with van der Waals surface area (Å²) >= 11 is 5.95. The summed E-state index contributed by atoms with van der Waals surface area (Å²) in [6.45, 7) is 3.57. The molecule has 2 aromatic rings. The molecule has 0 bridgehead atoms. The monoisotopic (exact) mass is 400 g/mol. The van der Waals surface area contributed by atoms with E-state index in [1.165, 1.54) is 5.56 Å². The number of urea groups is 1. The Morgan fingerprint density at radius 3 is 2.71 bits per heavy atom. The van der Waals surface area contributed by atoms with Crippen molar-refractivity contribution in [2.24, 2.45) is 0 Å². The van der Waals surface area contributed by atoms with Gasteiger partial charge in [0.2, 0.25) is 0 Å². The number of nitrogens with one attached hydrogen (secondary N) is 1. The second kappa shape index (κ2) is 8.37. The first-order valence-electron chi connectivity index (χ1n) is 9.69. The van der Waals surface area contributed by atoms with Crippen molar-refractivity contribution in [3.8, 4) is 5.75 Å². The van der Waals surface area contributed by atoms with Crippen molar-refractivity contribution in [3.05, 3.63) is 53.3 Å². The molecule has 0 radical (unpaired) electrons. The van der Waals surface area contributed by atoms with Crippen LogP contribution in [-0.2, 0) is 0 Å². The zero-order valence-electron chi connectivity index (χ0n) is 16.0.